The molecule has 3 amide bonds. The fourth-order valence-electron chi connectivity index (χ4n) is 5.60. The minimum atomic E-state index is -4.69. The molecule has 43 heavy (non-hydrogen) atoms. The van der Waals surface area contributed by atoms with E-state index in [1.165, 1.54) is 18.3 Å². The van der Waals surface area contributed by atoms with Crippen LogP contribution in [0.2, 0.25) is 0 Å². The number of benzene rings is 1. The Balaban J connectivity index is 1.20. The van der Waals surface area contributed by atoms with Gasteiger partial charge in [0.15, 0.2) is 12.0 Å². The number of ether oxygens (including phenoxy) is 1. The SMILES string of the molecule is CC1CCN(C2CCCC(C(F)(F)F)=C(C(=O)Nc3ccc(N4CCN(C(=O)Nc5ccccc5F)CC4)nc3)O2)CC1. The number of likely N-dealkylation sites (tertiary alicyclic amines) is 1. The largest absolute Gasteiger partial charge is 0.469 e. The highest BCUT2D eigenvalue weighted by molar-refractivity contribution is 6.03. The summed E-state index contributed by atoms with van der Waals surface area (Å²) in [7, 11) is 0. The van der Waals surface area contributed by atoms with Crippen LogP contribution in [0.3, 0.4) is 0 Å². The molecule has 13 heteroatoms. The summed E-state index contributed by atoms with van der Waals surface area (Å²) in [6.45, 7) is 5.29. The second kappa shape index (κ2) is 13.2. The van der Waals surface area contributed by atoms with Gasteiger partial charge in [-0.2, -0.15) is 13.2 Å². The average molecular weight is 605 g/mol. The molecule has 1 aromatic carbocycles. The summed E-state index contributed by atoms with van der Waals surface area (Å²) in [5.74, 6) is -1.00. The van der Waals surface area contributed by atoms with E-state index in [2.05, 4.69) is 22.5 Å². The molecule has 2 fully saturated rings. The fourth-order valence-corrected chi connectivity index (χ4v) is 5.60. The molecule has 0 aliphatic carbocycles. The molecule has 3 aliphatic rings. The number of urea groups is 1. The molecule has 1 unspecified atom stereocenters. The lowest BCUT2D eigenvalue weighted by Crippen LogP contribution is -2.50. The molecule has 232 valence electrons. The normalized spacial score (nSPS) is 20.8. The van der Waals surface area contributed by atoms with E-state index in [1.807, 2.05) is 9.80 Å². The number of amides is 3. The Labute approximate surface area is 247 Å². The zero-order valence-electron chi connectivity index (χ0n) is 24.0. The van der Waals surface area contributed by atoms with Gasteiger partial charge in [-0.25, -0.2) is 14.2 Å². The van der Waals surface area contributed by atoms with E-state index in [1.54, 1.807) is 29.2 Å². The molecule has 1 atom stereocenters. The van der Waals surface area contributed by atoms with Gasteiger partial charge in [0, 0.05) is 39.3 Å². The zero-order chi connectivity index (χ0) is 30.6. The number of carbonyl (C=O) groups is 2. The summed E-state index contributed by atoms with van der Waals surface area (Å²) in [5.41, 5.74) is -0.598. The molecule has 2 saturated heterocycles. The molecule has 3 aliphatic heterocycles. The highest BCUT2D eigenvalue weighted by atomic mass is 19.4. The van der Waals surface area contributed by atoms with Crippen LogP contribution in [-0.4, -0.2) is 78.4 Å². The second-order valence-corrected chi connectivity index (χ2v) is 11.2. The number of pyridine rings is 1. The Kier molecular flexibility index (Phi) is 9.38. The van der Waals surface area contributed by atoms with Crippen LogP contribution in [0.15, 0.2) is 53.9 Å². The molecule has 0 bridgehead atoms. The van der Waals surface area contributed by atoms with Crippen LogP contribution >= 0.6 is 0 Å². The minimum Gasteiger partial charge on any atom is -0.469 e. The van der Waals surface area contributed by atoms with Gasteiger partial charge >= 0.3 is 12.2 Å². The van der Waals surface area contributed by atoms with Crippen LogP contribution in [0.4, 0.5) is 39.5 Å². The number of rotatable bonds is 5. The maximum absolute atomic E-state index is 14.0. The number of para-hydroxylation sites is 1. The molecule has 4 heterocycles. The molecule has 0 spiro atoms. The number of piperazine rings is 1. The summed E-state index contributed by atoms with van der Waals surface area (Å²) < 4.78 is 61.6. The van der Waals surface area contributed by atoms with Crippen molar-refractivity contribution in [2.75, 3.05) is 54.8 Å². The Morgan fingerprint density at radius 1 is 0.953 bits per heavy atom. The average Bonchev–Trinajstić information content (AvgIpc) is 3.23. The summed E-state index contributed by atoms with van der Waals surface area (Å²) in [6, 6.07) is 8.78. The van der Waals surface area contributed by atoms with Gasteiger partial charge in [-0.1, -0.05) is 19.1 Å². The van der Waals surface area contributed by atoms with Crippen LogP contribution in [0, 0.1) is 11.7 Å². The van der Waals surface area contributed by atoms with Gasteiger partial charge in [-0.3, -0.25) is 9.69 Å². The van der Waals surface area contributed by atoms with E-state index in [-0.39, 0.29) is 24.2 Å². The van der Waals surface area contributed by atoms with Gasteiger partial charge in [0.2, 0.25) is 0 Å². The second-order valence-electron chi connectivity index (χ2n) is 11.2. The monoisotopic (exact) mass is 604 g/mol. The van der Waals surface area contributed by atoms with Crippen molar-refractivity contribution in [3.05, 3.63) is 59.7 Å². The van der Waals surface area contributed by atoms with E-state index in [0.29, 0.717) is 44.3 Å². The smallest absolute Gasteiger partial charge is 0.416 e. The first-order valence-corrected chi connectivity index (χ1v) is 14.6. The van der Waals surface area contributed by atoms with Crippen molar-refractivity contribution in [3.8, 4) is 0 Å². The number of carbonyl (C=O) groups excluding carboxylic acids is 2. The number of halogens is 4. The first-order chi connectivity index (χ1) is 20.6. The molecule has 5 rings (SSSR count). The topological polar surface area (TPSA) is 90.0 Å². The predicted molar refractivity (Wildman–Crippen MR) is 154 cm³/mol. The van der Waals surface area contributed by atoms with Gasteiger partial charge in [0.05, 0.1) is 23.1 Å². The number of nitrogens with zero attached hydrogens (tertiary/aromatic N) is 4. The summed E-state index contributed by atoms with van der Waals surface area (Å²) in [5, 5.41) is 5.12. The number of piperidine rings is 1. The van der Waals surface area contributed by atoms with Crippen LogP contribution in [0.25, 0.3) is 0 Å². The van der Waals surface area contributed by atoms with Crippen LogP contribution in [0.1, 0.15) is 39.0 Å². The first kappa shape index (κ1) is 30.6. The van der Waals surface area contributed by atoms with Crippen molar-refractivity contribution < 1.29 is 31.9 Å². The van der Waals surface area contributed by atoms with E-state index in [9.17, 15) is 27.2 Å². The zero-order valence-corrected chi connectivity index (χ0v) is 24.0. The van der Waals surface area contributed by atoms with Gasteiger partial charge < -0.3 is 25.2 Å². The minimum absolute atomic E-state index is 0.109. The van der Waals surface area contributed by atoms with E-state index in [0.717, 1.165) is 25.9 Å². The van der Waals surface area contributed by atoms with Crippen LogP contribution < -0.4 is 15.5 Å². The number of aromatic nitrogens is 1. The molecule has 1 aromatic heterocycles. The predicted octanol–water partition coefficient (Wildman–Crippen LogP) is 5.59. The van der Waals surface area contributed by atoms with Crippen LogP contribution in [-0.2, 0) is 9.53 Å². The van der Waals surface area contributed by atoms with Crippen molar-refractivity contribution in [3.63, 3.8) is 0 Å². The van der Waals surface area contributed by atoms with Gasteiger partial charge in [0.1, 0.15) is 11.6 Å². The van der Waals surface area contributed by atoms with E-state index in [4.69, 9.17) is 4.74 Å². The molecular weight excluding hydrogens is 568 g/mol. The lowest BCUT2D eigenvalue weighted by atomic mass is 9.98. The lowest BCUT2D eigenvalue weighted by molar-refractivity contribution is -0.125. The van der Waals surface area contributed by atoms with Crippen LogP contribution in [0.5, 0.6) is 0 Å². The molecule has 0 saturated carbocycles. The van der Waals surface area contributed by atoms with Gasteiger partial charge in [-0.05, 0) is 62.3 Å². The summed E-state index contributed by atoms with van der Waals surface area (Å²) >= 11 is 0. The third-order valence-electron chi connectivity index (χ3n) is 8.19. The number of allylic oxidation sites excluding steroid dienone is 1. The maximum Gasteiger partial charge on any atom is 0.416 e. The third-order valence-corrected chi connectivity index (χ3v) is 8.19. The molecule has 0 radical (unpaired) electrons. The maximum atomic E-state index is 14.0. The number of nitrogens with one attached hydrogen (secondary N) is 2. The van der Waals surface area contributed by atoms with E-state index >= 15 is 0 Å². The van der Waals surface area contributed by atoms with Crippen molar-refractivity contribution in [1.29, 1.82) is 0 Å². The number of alkyl halides is 3. The Morgan fingerprint density at radius 2 is 1.67 bits per heavy atom. The standard InChI is InChI=1S/C30H36F4N6O3/c1-20-11-13-39(14-12-20)26-8-4-5-22(30(32,33)34)27(43-26)28(41)36-21-9-10-25(35-19-21)38-15-17-40(18-16-38)29(42)37-24-7-3-2-6-23(24)31/h2-3,6-7,9-10,19-20,26H,4-5,8,11-18H2,1H3,(H,36,41)(H,37,42). The number of hydrogen-bond donors (Lipinski definition) is 2. The van der Waals surface area contributed by atoms with Crippen molar-refractivity contribution in [2.45, 2.75) is 51.4 Å². The molecule has 2 N–H and O–H groups in total. The Bertz CT molecular complexity index is 1320. The van der Waals surface area contributed by atoms with E-state index < -0.39 is 41.5 Å². The van der Waals surface area contributed by atoms with Gasteiger partial charge in [-0.15, -0.1) is 0 Å². The third kappa shape index (κ3) is 7.56. The van der Waals surface area contributed by atoms with Crippen molar-refractivity contribution >= 4 is 29.1 Å². The Hall–Kier alpha value is -3.87. The molecule has 2 aromatic rings. The highest BCUT2D eigenvalue weighted by Crippen LogP contribution is 2.37. The number of hydrogen-bond acceptors (Lipinski definition) is 6. The lowest BCUT2D eigenvalue weighted by Gasteiger charge is -2.36. The van der Waals surface area contributed by atoms with Crippen molar-refractivity contribution in [1.82, 2.24) is 14.8 Å². The van der Waals surface area contributed by atoms with Gasteiger partial charge in [0.25, 0.3) is 5.91 Å². The highest BCUT2D eigenvalue weighted by Gasteiger charge is 2.42. The molecular formula is C30H36F4N6O3. The summed E-state index contributed by atoms with van der Waals surface area (Å²) in [6.07, 6.45) is -1.60. The Morgan fingerprint density at radius 3 is 2.33 bits per heavy atom. The quantitative estimate of drug-likeness (QED) is 0.433. The summed E-state index contributed by atoms with van der Waals surface area (Å²) in [4.78, 5) is 35.7. The number of anilines is 3. The van der Waals surface area contributed by atoms with Crippen molar-refractivity contribution in [2.24, 2.45) is 5.92 Å². The first-order valence-electron chi connectivity index (χ1n) is 14.6. The molecule has 9 nitrogen and oxygen atoms in total. The fraction of sp³-hybridized carbons (Fsp3) is 0.500.